The molecule has 1 spiro atoms. The largest absolute Gasteiger partial charge is 0.358 e. The van der Waals surface area contributed by atoms with Gasteiger partial charge in [-0.05, 0) is 38.0 Å². The second-order valence-electron chi connectivity index (χ2n) is 6.80. The molecule has 1 aliphatic heterocycles. The zero-order chi connectivity index (χ0) is 16.0. The minimum Gasteiger partial charge on any atom is -0.358 e. The molecule has 1 amide bonds. The predicted molar refractivity (Wildman–Crippen MR) is 90.5 cm³/mol. The molecule has 2 heterocycles. The maximum Gasteiger partial charge on any atom is 0.244 e. The molecule has 0 unspecified atom stereocenters. The van der Waals surface area contributed by atoms with Crippen LogP contribution >= 0.6 is 11.6 Å². The number of halogens is 1. The molecule has 1 saturated heterocycles. The third-order valence-electron chi connectivity index (χ3n) is 5.10. The summed E-state index contributed by atoms with van der Waals surface area (Å²) in [6.07, 6.45) is 5.35. The van der Waals surface area contributed by atoms with Crippen molar-refractivity contribution in [3.8, 4) is 0 Å². The number of nitrogens with one attached hydrogen (secondary N) is 1. The fourth-order valence-corrected chi connectivity index (χ4v) is 3.76. The monoisotopic (exact) mass is 330 g/mol. The summed E-state index contributed by atoms with van der Waals surface area (Å²) in [7, 11) is 0. The number of anilines is 1. The van der Waals surface area contributed by atoms with Gasteiger partial charge in [-0.15, -0.1) is 0 Å². The molecular formula is C17H19ClN4O. The lowest BCUT2D eigenvalue weighted by molar-refractivity contribution is -0.150. The van der Waals surface area contributed by atoms with E-state index in [1.165, 1.54) is 25.6 Å². The minimum absolute atomic E-state index is 0.142. The smallest absolute Gasteiger partial charge is 0.244 e. The van der Waals surface area contributed by atoms with Crippen LogP contribution in [0.4, 0.5) is 5.82 Å². The Kier molecular flexibility index (Phi) is 3.41. The average Bonchev–Trinajstić information content (AvgIpc) is 2.44. The van der Waals surface area contributed by atoms with Crippen LogP contribution in [-0.2, 0) is 4.79 Å². The molecule has 2 aliphatic rings. The van der Waals surface area contributed by atoms with Crippen LogP contribution in [0.2, 0.25) is 5.02 Å². The highest BCUT2D eigenvalue weighted by Crippen LogP contribution is 2.48. The summed E-state index contributed by atoms with van der Waals surface area (Å²) in [4.78, 5) is 23.0. The van der Waals surface area contributed by atoms with Crippen molar-refractivity contribution in [3.63, 3.8) is 0 Å². The second-order valence-corrected chi connectivity index (χ2v) is 7.23. The Morgan fingerprint density at radius 3 is 2.83 bits per heavy atom. The Bertz CT molecular complexity index is 766. The van der Waals surface area contributed by atoms with E-state index in [9.17, 15) is 4.79 Å². The Labute approximate surface area is 140 Å². The van der Waals surface area contributed by atoms with Gasteiger partial charge < -0.3 is 10.2 Å². The van der Waals surface area contributed by atoms with Gasteiger partial charge in [-0.2, -0.15) is 0 Å². The van der Waals surface area contributed by atoms with E-state index in [1.807, 2.05) is 17.9 Å². The first-order valence-electron chi connectivity index (χ1n) is 8.02. The normalized spacial score (nSPS) is 20.0. The van der Waals surface area contributed by atoms with Crippen molar-refractivity contribution in [1.82, 2.24) is 14.9 Å². The maximum absolute atomic E-state index is 12.5. The zero-order valence-electron chi connectivity index (χ0n) is 13.1. The average molecular weight is 331 g/mol. The highest BCUT2D eigenvalue weighted by Gasteiger charge is 2.49. The molecule has 4 rings (SSSR count). The maximum atomic E-state index is 12.5. The molecule has 1 aliphatic carbocycles. The standard InChI is InChI=1S/C17H19ClN4O/c1-11(16(23)22-8-17(9-22)5-2-6-17)21-15-13-4-3-12(18)7-14(13)19-10-20-15/h3-4,7,10-11H,2,5-6,8-9H2,1H3,(H,19,20,21)/t11-/m1/s1. The highest BCUT2D eigenvalue weighted by atomic mass is 35.5. The van der Waals surface area contributed by atoms with E-state index in [0.717, 1.165) is 24.0 Å². The molecule has 0 bridgehead atoms. The Morgan fingerprint density at radius 2 is 2.13 bits per heavy atom. The number of hydrogen-bond acceptors (Lipinski definition) is 4. The van der Waals surface area contributed by atoms with Crippen LogP contribution in [0, 0.1) is 5.41 Å². The molecule has 23 heavy (non-hydrogen) atoms. The van der Waals surface area contributed by atoms with Gasteiger partial charge in [0.1, 0.15) is 18.2 Å². The summed E-state index contributed by atoms with van der Waals surface area (Å²) in [5.41, 5.74) is 1.22. The van der Waals surface area contributed by atoms with Gasteiger partial charge in [0.2, 0.25) is 5.91 Å². The lowest BCUT2D eigenvalue weighted by Crippen LogP contribution is -2.63. The lowest BCUT2D eigenvalue weighted by atomic mass is 9.63. The molecule has 6 heteroatoms. The van der Waals surface area contributed by atoms with Crippen LogP contribution < -0.4 is 5.32 Å². The van der Waals surface area contributed by atoms with E-state index in [0.29, 0.717) is 16.3 Å². The van der Waals surface area contributed by atoms with Crippen molar-refractivity contribution in [3.05, 3.63) is 29.5 Å². The fraction of sp³-hybridized carbons (Fsp3) is 0.471. The van der Waals surface area contributed by atoms with Crippen LogP contribution in [0.15, 0.2) is 24.5 Å². The van der Waals surface area contributed by atoms with Crippen molar-refractivity contribution in [2.75, 3.05) is 18.4 Å². The molecule has 2 fully saturated rings. The topological polar surface area (TPSA) is 58.1 Å². The van der Waals surface area contributed by atoms with E-state index in [2.05, 4.69) is 15.3 Å². The minimum atomic E-state index is -0.304. The molecule has 1 N–H and O–H groups in total. The summed E-state index contributed by atoms with van der Waals surface area (Å²) in [5, 5.41) is 4.74. The van der Waals surface area contributed by atoms with Gasteiger partial charge >= 0.3 is 0 Å². The molecular weight excluding hydrogens is 312 g/mol. The lowest BCUT2D eigenvalue weighted by Gasteiger charge is -2.56. The van der Waals surface area contributed by atoms with Crippen molar-refractivity contribution in [2.24, 2.45) is 5.41 Å². The van der Waals surface area contributed by atoms with Crippen molar-refractivity contribution < 1.29 is 4.79 Å². The number of amides is 1. The van der Waals surface area contributed by atoms with Crippen molar-refractivity contribution in [1.29, 1.82) is 0 Å². The van der Waals surface area contributed by atoms with Crippen LogP contribution in [0.5, 0.6) is 0 Å². The first-order valence-corrected chi connectivity index (χ1v) is 8.40. The molecule has 1 atom stereocenters. The van der Waals surface area contributed by atoms with Crippen molar-refractivity contribution >= 4 is 34.2 Å². The van der Waals surface area contributed by atoms with Gasteiger partial charge in [0.15, 0.2) is 0 Å². The summed E-state index contributed by atoms with van der Waals surface area (Å²) in [5.74, 6) is 0.814. The first kappa shape index (κ1) is 14.7. The Hall–Kier alpha value is -1.88. The van der Waals surface area contributed by atoms with Crippen LogP contribution in [0.25, 0.3) is 10.9 Å². The SMILES string of the molecule is C[C@@H](Nc1ncnc2cc(Cl)ccc12)C(=O)N1CC2(CCC2)C1. The Morgan fingerprint density at radius 1 is 1.35 bits per heavy atom. The van der Waals surface area contributed by atoms with Crippen LogP contribution in [-0.4, -0.2) is 39.9 Å². The van der Waals surface area contributed by atoms with Crippen LogP contribution in [0.1, 0.15) is 26.2 Å². The zero-order valence-corrected chi connectivity index (χ0v) is 13.8. The number of carbonyl (C=O) groups is 1. The summed E-state index contributed by atoms with van der Waals surface area (Å²) >= 11 is 6.00. The number of likely N-dealkylation sites (tertiary alicyclic amines) is 1. The van der Waals surface area contributed by atoms with E-state index in [-0.39, 0.29) is 11.9 Å². The van der Waals surface area contributed by atoms with E-state index >= 15 is 0 Å². The number of benzene rings is 1. The molecule has 1 aromatic heterocycles. The van der Waals surface area contributed by atoms with Gasteiger partial charge in [0.25, 0.3) is 0 Å². The van der Waals surface area contributed by atoms with Gasteiger partial charge in [0, 0.05) is 28.9 Å². The first-order chi connectivity index (χ1) is 11.1. The van der Waals surface area contributed by atoms with Gasteiger partial charge in [-0.1, -0.05) is 18.0 Å². The number of aromatic nitrogens is 2. The van der Waals surface area contributed by atoms with Gasteiger partial charge in [-0.3, -0.25) is 4.79 Å². The molecule has 1 saturated carbocycles. The van der Waals surface area contributed by atoms with Crippen molar-refractivity contribution in [2.45, 2.75) is 32.2 Å². The molecule has 5 nitrogen and oxygen atoms in total. The molecule has 2 aromatic rings. The van der Waals surface area contributed by atoms with E-state index < -0.39 is 0 Å². The van der Waals surface area contributed by atoms with E-state index in [1.54, 1.807) is 12.1 Å². The number of rotatable bonds is 3. The summed E-state index contributed by atoms with van der Waals surface area (Å²) in [6.45, 7) is 3.72. The quantitative estimate of drug-likeness (QED) is 0.939. The highest BCUT2D eigenvalue weighted by molar-refractivity contribution is 6.31. The second kappa shape index (κ2) is 5.34. The molecule has 120 valence electrons. The fourth-order valence-electron chi connectivity index (χ4n) is 3.60. The third-order valence-corrected chi connectivity index (χ3v) is 5.34. The van der Waals surface area contributed by atoms with Gasteiger partial charge in [-0.25, -0.2) is 9.97 Å². The number of hydrogen-bond donors (Lipinski definition) is 1. The van der Waals surface area contributed by atoms with Gasteiger partial charge in [0.05, 0.1) is 5.52 Å². The number of fused-ring (bicyclic) bond motifs is 1. The third kappa shape index (κ3) is 2.53. The summed E-state index contributed by atoms with van der Waals surface area (Å²) < 4.78 is 0. The van der Waals surface area contributed by atoms with Crippen LogP contribution in [0.3, 0.4) is 0 Å². The van der Waals surface area contributed by atoms with E-state index in [4.69, 9.17) is 11.6 Å². The molecule has 0 radical (unpaired) electrons. The molecule has 1 aromatic carbocycles. The number of nitrogens with zero attached hydrogens (tertiary/aromatic N) is 3. The number of carbonyl (C=O) groups excluding carboxylic acids is 1. The summed E-state index contributed by atoms with van der Waals surface area (Å²) in [6, 6.07) is 5.18. The predicted octanol–water partition coefficient (Wildman–Crippen LogP) is 3.10. The Balaban J connectivity index is 1.48.